The van der Waals surface area contributed by atoms with E-state index in [1.165, 1.54) is 0 Å². The Balaban J connectivity index is 0.000001000. The first-order chi connectivity index (χ1) is 4.70. The van der Waals surface area contributed by atoms with Gasteiger partial charge in [-0.15, -0.1) is 5.75 Å². The van der Waals surface area contributed by atoms with Crippen LogP contribution in [0, 0.1) is 0 Å². The molecule has 2 nitrogen and oxygen atoms in total. The average molecular weight is 159 g/mol. The molecule has 3 heteroatoms. The molecular formula is C8H10NNaO. The minimum Gasteiger partial charge on any atom is -0.872 e. The van der Waals surface area contributed by atoms with Crippen LogP contribution in [-0.4, -0.2) is 14.1 Å². The molecule has 0 aromatic heterocycles. The fourth-order valence-corrected chi connectivity index (χ4v) is 0.744. The molecule has 0 N–H and O–H groups in total. The molecule has 0 radical (unpaired) electrons. The van der Waals surface area contributed by atoms with Gasteiger partial charge in [0.15, 0.2) is 0 Å². The number of hydrogen-bond donors (Lipinski definition) is 0. The Morgan fingerprint density at radius 3 is 1.91 bits per heavy atom. The third-order valence-corrected chi connectivity index (χ3v) is 1.35. The van der Waals surface area contributed by atoms with Crippen LogP contribution in [0.4, 0.5) is 5.69 Å². The quantitative estimate of drug-likeness (QED) is 0.436. The molecule has 54 valence electrons. The molecule has 0 spiro atoms. The second kappa shape index (κ2) is 4.65. The molecule has 0 aliphatic rings. The van der Waals surface area contributed by atoms with E-state index in [0.717, 1.165) is 5.69 Å². The van der Waals surface area contributed by atoms with E-state index in [0.29, 0.717) is 0 Å². The van der Waals surface area contributed by atoms with Crippen molar-refractivity contribution in [3.05, 3.63) is 24.3 Å². The monoisotopic (exact) mass is 159 g/mol. The SMILES string of the molecule is CN(C)c1ccc([O-])cc1.[Na+]. The van der Waals surface area contributed by atoms with Crippen LogP contribution in [0.5, 0.6) is 5.75 Å². The van der Waals surface area contributed by atoms with Crippen molar-refractivity contribution < 1.29 is 34.7 Å². The van der Waals surface area contributed by atoms with Gasteiger partial charge >= 0.3 is 29.6 Å². The van der Waals surface area contributed by atoms with Gasteiger partial charge in [0.1, 0.15) is 0 Å². The summed E-state index contributed by atoms with van der Waals surface area (Å²) in [5, 5.41) is 10.6. The van der Waals surface area contributed by atoms with Gasteiger partial charge in [0.2, 0.25) is 0 Å². The summed E-state index contributed by atoms with van der Waals surface area (Å²) in [6.07, 6.45) is 0. The van der Waals surface area contributed by atoms with Crippen LogP contribution >= 0.6 is 0 Å². The Hall–Kier alpha value is -0.180. The van der Waals surface area contributed by atoms with Crippen molar-refractivity contribution >= 4 is 5.69 Å². The van der Waals surface area contributed by atoms with Gasteiger partial charge in [-0.05, 0) is 12.1 Å². The molecule has 1 aromatic carbocycles. The van der Waals surface area contributed by atoms with Gasteiger partial charge < -0.3 is 10.0 Å². The maximum atomic E-state index is 10.6. The van der Waals surface area contributed by atoms with Crippen molar-refractivity contribution in [2.75, 3.05) is 19.0 Å². The predicted molar refractivity (Wildman–Crippen MR) is 40.2 cm³/mol. The Bertz CT molecular complexity index is 208. The number of benzene rings is 1. The molecule has 0 atom stereocenters. The third-order valence-electron chi connectivity index (χ3n) is 1.35. The number of anilines is 1. The van der Waals surface area contributed by atoms with Crippen LogP contribution in [0.25, 0.3) is 0 Å². The molecule has 0 bridgehead atoms. The first-order valence-corrected chi connectivity index (χ1v) is 3.14. The second-order valence-electron chi connectivity index (χ2n) is 2.39. The zero-order chi connectivity index (χ0) is 7.56. The molecule has 0 amide bonds. The Morgan fingerprint density at radius 1 is 1.09 bits per heavy atom. The molecule has 0 saturated carbocycles. The topological polar surface area (TPSA) is 26.3 Å². The maximum Gasteiger partial charge on any atom is 1.00 e. The summed E-state index contributed by atoms with van der Waals surface area (Å²) in [5.41, 5.74) is 1.06. The van der Waals surface area contributed by atoms with Crippen LogP contribution in [0.3, 0.4) is 0 Å². The van der Waals surface area contributed by atoms with E-state index in [-0.39, 0.29) is 35.3 Å². The first-order valence-electron chi connectivity index (χ1n) is 3.14. The van der Waals surface area contributed by atoms with Crippen LogP contribution < -0.4 is 39.6 Å². The van der Waals surface area contributed by atoms with Crippen LogP contribution in [-0.2, 0) is 0 Å². The van der Waals surface area contributed by atoms with Crippen molar-refractivity contribution in [2.24, 2.45) is 0 Å². The standard InChI is InChI=1S/C8H11NO.Na/c1-9(2)7-3-5-8(10)6-4-7;/h3-6,10H,1-2H3;/q;+1/p-1. The second-order valence-corrected chi connectivity index (χ2v) is 2.39. The minimum absolute atomic E-state index is 0. The number of hydrogen-bond acceptors (Lipinski definition) is 2. The van der Waals surface area contributed by atoms with Crippen molar-refractivity contribution in [2.45, 2.75) is 0 Å². The van der Waals surface area contributed by atoms with Crippen molar-refractivity contribution in [3.63, 3.8) is 0 Å². The van der Waals surface area contributed by atoms with Crippen molar-refractivity contribution in [3.8, 4) is 5.75 Å². The van der Waals surface area contributed by atoms with Crippen molar-refractivity contribution in [1.29, 1.82) is 0 Å². The normalized spacial score (nSPS) is 8.55. The van der Waals surface area contributed by atoms with E-state index in [4.69, 9.17) is 0 Å². The zero-order valence-electron chi connectivity index (χ0n) is 7.16. The Kier molecular flexibility index (Phi) is 4.57. The third kappa shape index (κ3) is 3.14. The molecule has 0 aliphatic heterocycles. The van der Waals surface area contributed by atoms with Gasteiger partial charge in [0.05, 0.1) is 0 Å². The number of rotatable bonds is 1. The van der Waals surface area contributed by atoms with Crippen LogP contribution in [0.15, 0.2) is 24.3 Å². The van der Waals surface area contributed by atoms with E-state index in [2.05, 4.69) is 0 Å². The summed E-state index contributed by atoms with van der Waals surface area (Å²) in [6, 6.07) is 6.75. The number of nitrogens with zero attached hydrogens (tertiary/aromatic N) is 1. The fourth-order valence-electron chi connectivity index (χ4n) is 0.744. The van der Waals surface area contributed by atoms with E-state index < -0.39 is 0 Å². The van der Waals surface area contributed by atoms with E-state index in [1.807, 2.05) is 31.1 Å². The Morgan fingerprint density at radius 2 is 1.55 bits per heavy atom. The smallest absolute Gasteiger partial charge is 0.872 e. The van der Waals surface area contributed by atoms with Gasteiger partial charge in [-0.2, -0.15) is 0 Å². The van der Waals surface area contributed by atoms with Gasteiger partial charge in [-0.25, -0.2) is 0 Å². The largest absolute Gasteiger partial charge is 1.00 e. The summed E-state index contributed by atoms with van der Waals surface area (Å²) in [6.45, 7) is 0. The van der Waals surface area contributed by atoms with Gasteiger partial charge in [-0.3, -0.25) is 0 Å². The Labute approximate surface area is 89.1 Å². The maximum absolute atomic E-state index is 10.6. The van der Waals surface area contributed by atoms with Crippen LogP contribution in [0.1, 0.15) is 0 Å². The van der Waals surface area contributed by atoms with Gasteiger partial charge in [0, 0.05) is 19.8 Å². The molecule has 1 aromatic rings. The minimum atomic E-state index is 0. The van der Waals surface area contributed by atoms with E-state index in [1.54, 1.807) is 12.1 Å². The molecule has 0 fully saturated rings. The van der Waals surface area contributed by atoms with E-state index in [9.17, 15) is 5.11 Å². The summed E-state index contributed by atoms with van der Waals surface area (Å²) in [5.74, 6) is 0.0607. The molecule has 0 unspecified atom stereocenters. The summed E-state index contributed by atoms with van der Waals surface area (Å²) >= 11 is 0. The molecule has 0 heterocycles. The zero-order valence-corrected chi connectivity index (χ0v) is 9.16. The summed E-state index contributed by atoms with van der Waals surface area (Å²) in [4.78, 5) is 1.96. The molecule has 11 heavy (non-hydrogen) atoms. The summed E-state index contributed by atoms with van der Waals surface area (Å²) < 4.78 is 0. The van der Waals surface area contributed by atoms with E-state index >= 15 is 0 Å². The van der Waals surface area contributed by atoms with Gasteiger partial charge in [0.25, 0.3) is 0 Å². The first kappa shape index (κ1) is 10.8. The molecule has 1 rings (SSSR count). The average Bonchev–Trinajstić information content (AvgIpc) is 1.88. The van der Waals surface area contributed by atoms with Crippen LogP contribution in [0.2, 0.25) is 0 Å². The van der Waals surface area contributed by atoms with Gasteiger partial charge in [-0.1, -0.05) is 12.1 Å². The predicted octanol–water partition coefficient (Wildman–Crippen LogP) is -2.17. The molecular weight excluding hydrogens is 149 g/mol. The molecule has 0 aliphatic carbocycles. The summed E-state index contributed by atoms with van der Waals surface area (Å²) in [7, 11) is 3.89. The fraction of sp³-hybridized carbons (Fsp3) is 0.250. The molecule has 0 saturated heterocycles. The van der Waals surface area contributed by atoms with Crippen molar-refractivity contribution in [1.82, 2.24) is 0 Å².